The Hall–Kier alpha value is -1.32. The Bertz CT molecular complexity index is 550. The standard InChI is InChI=1S/C13H13Cl2N3/c1-3-16-13-17-7-8(2)12(18-13)9-4-10(14)6-11(15)5-9/h4-7H,3H2,1-2H3,(H,16,17,18). The van der Waals surface area contributed by atoms with Gasteiger partial charge < -0.3 is 5.32 Å². The van der Waals surface area contributed by atoms with Crippen molar-refractivity contribution in [2.45, 2.75) is 13.8 Å². The monoisotopic (exact) mass is 281 g/mol. The van der Waals surface area contributed by atoms with Crippen LogP contribution in [-0.4, -0.2) is 16.5 Å². The summed E-state index contributed by atoms with van der Waals surface area (Å²) in [7, 11) is 0. The minimum absolute atomic E-state index is 0.598. The molecular weight excluding hydrogens is 269 g/mol. The number of hydrogen-bond acceptors (Lipinski definition) is 3. The Morgan fingerprint density at radius 2 is 1.83 bits per heavy atom. The fourth-order valence-electron chi connectivity index (χ4n) is 1.67. The normalized spacial score (nSPS) is 10.4. The van der Waals surface area contributed by atoms with Crippen molar-refractivity contribution in [1.29, 1.82) is 0 Å². The maximum Gasteiger partial charge on any atom is 0.223 e. The average Bonchev–Trinajstić information content (AvgIpc) is 2.30. The lowest BCUT2D eigenvalue weighted by atomic mass is 10.1. The van der Waals surface area contributed by atoms with E-state index in [9.17, 15) is 0 Å². The van der Waals surface area contributed by atoms with E-state index in [-0.39, 0.29) is 0 Å². The van der Waals surface area contributed by atoms with E-state index in [0.717, 1.165) is 23.4 Å². The highest BCUT2D eigenvalue weighted by atomic mass is 35.5. The Morgan fingerprint density at radius 1 is 1.17 bits per heavy atom. The number of rotatable bonds is 3. The lowest BCUT2D eigenvalue weighted by Crippen LogP contribution is -2.03. The van der Waals surface area contributed by atoms with Crippen LogP contribution in [0.15, 0.2) is 24.4 Å². The number of halogens is 2. The Morgan fingerprint density at radius 3 is 2.44 bits per heavy atom. The third kappa shape index (κ3) is 2.92. The molecule has 0 amide bonds. The molecule has 2 aromatic rings. The van der Waals surface area contributed by atoms with Gasteiger partial charge in [-0.1, -0.05) is 23.2 Å². The van der Waals surface area contributed by atoms with Crippen molar-refractivity contribution in [2.75, 3.05) is 11.9 Å². The van der Waals surface area contributed by atoms with Crippen molar-refractivity contribution in [3.05, 3.63) is 40.0 Å². The van der Waals surface area contributed by atoms with Crippen LogP contribution >= 0.6 is 23.2 Å². The van der Waals surface area contributed by atoms with Gasteiger partial charge in [-0.2, -0.15) is 0 Å². The number of aromatic nitrogens is 2. The molecule has 1 heterocycles. The fraction of sp³-hybridized carbons (Fsp3) is 0.231. The highest BCUT2D eigenvalue weighted by molar-refractivity contribution is 6.35. The molecule has 0 spiro atoms. The molecule has 5 heteroatoms. The Kier molecular flexibility index (Phi) is 4.04. The predicted molar refractivity (Wildman–Crippen MR) is 76.4 cm³/mol. The van der Waals surface area contributed by atoms with Crippen molar-refractivity contribution in [3.8, 4) is 11.3 Å². The molecular formula is C13H13Cl2N3. The molecule has 0 radical (unpaired) electrons. The molecule has 0 fully saturated rings. The summed E-state index contributed by atoms with van der Waals surface area (Å²) in [5.74, 6) is 0.606. The van der Waals surface area contributed by atoms with Gasteiger partial charge in [-0.3, -0.25) is 0 Å². The van der Waals surface area contributed by atoms with Crippen LogP contribution in [0.5, 0.6) is 0 Å². The third-order valence-electron chi connectivity index (χ3n) is 2.44. The van der Waals surface area contributed by atoms with E-state index in [1.165, 1.54) is 0 Å². The summed E-state index contributed by atoms with van der Waals surface area (Å²) in [6.45, 7) is 4.73. The molecule has 2 rings (SSSR count). The lowest BCUT2D eigenvalue weighted by Gasteiger charge is -2.08. The minimum atomic E-state index is 0.598. The number of hydrogen-bond donors (Lipinski definition) is 1. The van der Waals surface area contributed by atoms with Crippen molar-refractivity contribution in [3.63, 3.8) is 0 Å². The van der Waals surface area contributed by atoms with E-state index < -0.39 is 0 Å². The maximum atomic E-state index is 6.01. The first kappa shape index (κ1) is 13.1. The van der Waals surface area contributed by atoms with E-state index in [2.05, 4.69) is 15.3 Å². The van der Waals surface area contributed by atoms with Gasteiger partial charge in [0.1, 0.15) is 0 Å². The van der Waals surface area contributed by atoms with E-state index in [1.807, 2.05) is 26.0 Å². The number of nitrogens with one attached hydrogen (secondary N) is 1. The highest BCUT2D eigenvalue weighted by Gasteiger charge is 2.08. The number of anilines is 1. The van der Waals surface area contributed by atoms with Crippen LogP contribution in [0.2, 0.25) is 10.0 Å². The van der Waals surface area contributed by atoms with E-state index >= 15 is 0 Å². The zero-order chi connectivity index (χ0) is 13.1. The zero-order valence-corrected chi connectivity index (χ0v) is 11.7. The molecule has 94 valence electrons. The van der Waals surface area contributed by atoms with Crippen LogP contribution in [0, 0.1) is 6.92 Å². The topological polar surface area (TPSA) is 37.8 Å². The zero-order valence-electron chi connectivity index (χ0n) is 10.2. The van der Waals surface area contributed by atoms with Gasteiger partial charge in [0, 0.05) is 28.4 Å². The molecule has 0 saturated carbocycles. The van der Waals surface area contributed by atoms with Crippen LogP contribution in [-0.2, 0) is 0 Å². The van der Waals surface area contributed by atoms with Gasteiger partial charge in [0.2, 0.25) is 5.95 Å². The summed E-state index contributed by atoms with van der Waals surface area (Å²) in [6.07, 6.45) is 1.79. The van der Waals surface area contributed by atoms with Crippen LogP contribution < -0.4 is 5.32 Å². The quantitative estimate of drug-likeness (QED) is 0.917. The van der Waals surface area contributed by atoms with Crippen molar-refractivity contribution < 1.29 is 0 Å². The summed E-state index contributed by atoms with van der Waals surface area (Å²) in [5.41, 5.74) is 2.71. The second kappa shape index (κ2) is 5.55. The van der Waals surface area contributed by atoms with Gasteiger partial charge in [-0.15, -0.1) is 0 Å². The minimum Gasteiger partial charge on any atom is -0.354 e. The molecule has 1 aromatic heterocycles. The summed E-state index contributed by atoms with van der Waals surface area (Å²) in [6, 6.07) is 5.39. The molecule has 0 unspecified atom stereocenters. The maximum absolute atomic E-state index is 6.01. The highest BCUT2D eigenvalue weighted by Crippen LogP contribution is 2.28. The van der Waals surface area contributed by atoms with Crippen LogP contribution in [0.25, 0.3) is 11.3 Å². The van der Waals surface area contributed by atoms with Crippen LogP contribution in [0.1, 0.15) is 12.5 Å². The molecule has 0 aliphatic heterocycles. The molecule has 3 nitrogen and oxygen atoms in total. The fourth-order valence-corrected chi connectivity index (χ4v) is 2.19. The number of nitrogens with zero attached hydrogens (tertiary/aromatic N) is 2. The first-order chi connectivity index (χ1) is 8.60. The predicted octanol–water partition coefficient (Wildman–Crippen LogP) is 4.19. The summed E-state index contributed by atoms with van der Waals surface area (Å²) >= 11 is 12.0. The average molecular weight is 282 g/mol. The largest absolute Gasteiger partial charge is 0.354 e. The summed E-state index contributed by atoms with van der Waals surface area (Å²) in [4.78, 5) is 8.69. The molecule has 1 N–H and O–H groups in total. The second-order valence-corrected chi connectivity index (χ2v) is 4.79. The van der Waals surface area contributed by atoms with Gasteiger partial charge in [0.15, 0.2) is 0 Å². The molecule has 1 aromatic carbocycles. The first-order valence-electron chi connectivity index (χ1n) is 5.64. The smallest absolute Gasteiger partial charge is 0.223 e. The van der Waals surface area contributed by atoms with Crippen molar-refractivity contribution >= 4 is 29.2 Å². The van der Waals surface area contributed by atoms with E-state index in [1.54, 1.807) is 12.3 Å². The van der Waals surface area contributed by atoms with Gasteiger partial charge in [0.25, 0.3) is 0 Å². The summed E-state index contributed by atoms with van der Waals surface area (Å²) < 4.78 is 0. The van der Waals surface area contributed by atoms with Crippen LogP contribution in [0.4, 0.5) is 5.95 Å². The van der Waals surface area contributed by atoms with E-state index in [4.69, 9.17) is 23.2 Å². The molecule has 0 bridgehead atoms. The summed E-state index contributed by atoms with van der Waals surface area (Å²) in [5, 5.41) is 4.28. The molecule has 0 aliphatic carbocycles. The molecule has 18 heavy (non-hydrogen) atoms. The third-order valence-corrected chi connectivity index (χ3v) is 2.88. The van der Waals surface area contributed by atoms with Crippen molar-refractivity contribution in [1.82, 2.24) is 9.97 Å². The Labute approximate surface area is 116 Å². The van der Waals surface area contributed by atoms with E-state index in [0.29, 0.717) is 16.0 Å². The molecule has 0 saturated heterocycles. The number of benzene rings is 1. The van der Waals surface area contributed by atoms with Gasteiger partial charge in [-0.05, 0) is 37.6 Å². The van der Waals surface area contributed by atoms with Crippen molar-refractivity contribution in [2.24, 2.45) is 0 Å². The van der Waals surface area contributed by atoms with Gasteiger partial charge in [-0.25, -0.2) is 9.97 Å². The molecule has 0 atom stereocenters. The molecule has 0 aliphatic rings. The SMILES string of the molecule is CCNc1ncc(C)c(-c2cc(Cl)cc(Cl)c2)n1. The lowest BCUT2D eigenvalue weighted by molar-refractivity contribution is 1.07. The first-order valence-corrected chi connectivity index (χ1v) is 6.39. The van der Waals surface area contributed by atoms with Crippen LogP contribution in [0.3, 0.4) is 0 Å². The van der Waals surface area contributed by atoms with Gasteiger partial charge in [0.05, 0.1) is 5.69 Å². The van der Waals surface area contributed by atoms with Gasteiger partial charge >= 0.3 is 0 Å². The second-order valence-electron chi connectivity index (χ2n) is 3.91. The Balaban J connectivity index is 2.51. The number of aryl methyl sites for hydroxylation is 1.